The fourth-order valence-electron chi connectivity index (χ4n) is 0.298. The molecule has 7 nitrogen and oxygen atoms in total. The third-order valence-corrected chi connectivity index (χ3v) is 2.09. The van der Waals surface area contributed by atoms with Crippen molar-refractivity contribution < 1.29 is 23.1 Å². The van der Waals surface area contributed by atoms with E-state index in [-0.39, 0.29) is 0 Å². The molecule has 0 saturated heterocycles. The molecule has 0 aromatic carbocycles. The Kier molecular flexibility index (Phi) is 4.20. The highest BCUT2D eigenvalue weighted by Crippen LogP contribution is 2.47. The van der Waals surface area contributed by atoms with Crippen LogP contribution in [0.15, 0.2) is 0 Å². The molecule has 0 spiro atoms. The van der Waals surface area contributed by atoms with Gasteiger partial charge in [-0.25, -0.2) is 9.09 Å². The Morgan fingerprint density at radius 1 is 1.45 bits per heavy atom. The van der Waals surface area contributed by atoms with Crippen molar-refractivity contribution >= 4 is 7.82 Å². The highest BCUT2D eigenvalue weighted by molar-refractivity contribution is 7.48. The van der Waals surface area contributed by atoms with Crippen LogP contribution in [0.3, 0.4) is 0 Å². The predicted octanol–water partition coefficient (Wildman–Crippen LogP) is 0.638. The topological polar surface area (TPSA) is 87.9 Å². The monoisotopic (exact) mass is 185 g/mol. The van der Waals surface area contributed by atoms with E-state index in [1.807, 2.05) is 0 Å². The Labute approximate surface area is 63.0 Å². The van der Waals surface area contributed by atoms with E-state index < -0.39 is 19.5 Å². The lowest BCUT2D eigenvalue weighted by atomic mass is 11.4. The smallest absolute Gasteiger partial charge is 0.290 e. The van der Waals surface area contributed by atoms with E-state index >= 15 is 0 Å². The van der Waals surface area contributed by atoms with Gasteiger partial charge in [-0.2, -0.15) is 0 Å². The molecule has 0 aliphatic carbocycles. The van der Waals surface area contributed by atoms with Crippen molar-refractivity contribution in [3.63, 3.8) is 0 Å². The zero-order valence-electron chi connectivity index (χ0n) is 6.05. The molecule has 0 aromatic heterocycles. The van der Waals surface area contributed by atoms with Crippen molar-refractivity contribution in [2.45, 2.75) is 0 Å². The number of phosphoric ester groups is 1. The molecule has 0 amide bonds. The quantitative estimate of drug-likeness (QED) is 0.270. The number of nitrogens with zero attached hydrogens (tertiary/aromatic N) is 1. The molecule has 66 valence electrons. The number of hydrogen-bond acceptors (Lipinski definition) is 6. The molecule has 0 unspecified atom stereocenters. The van der Waals surface area contributed by atoms with Crippen LogP contribution in [0, 0.1) is 10.1 Å². The average molecular weight is 185 g/mol. The minimum absolute atomic E-state index is 0.787. The lowest BCUT2D eigenvalue weighted by Crippen LogP contribution is -2.05. The van der Waals surface area contributed by atoms with Gasteiger partial charge in [0, 0.05) is 19.1 Å². The first kappa shape index (κ1) is 10.5. The summed E-state index contributed by atoms with van der Waals surface area (Å²) >= 11 is 0. The Morgan fingerprint density at radius 2 is 1.91 bits per heavy atom. The van der Waals surface area contributed by atoms with Crippen LogP contribution in [0.25, 0.3) is 0 Å². The van der Waals surface area contributed by atoms with E-state index in [0.29, 0.717) is 0 Å². The second kappa shape index (κ2) is 4.40. The van der Waals surface area contributed by atoms with Gasteiger partial charge in [-0.05, 0) is 0 Å². The number of phosphoric acid groups is 1. The summed E-state index contributed by atoms with van der Waals surface area (Å²) in [5, 5.41) is 9.73. The van der Waals surface area contributed by atoms with Gasteiger partial charge in [0.25, 0.3) is 0 Å². The molecule has 0 fully saturated rings. The SMILES string of the molecule is COP(=O)(OC)OC[N+](=O)[O-]. The van der Waals surface area contributed by atoms with Crippen LogP contribution >= 0.6 is 7.82 Å². The molecule has 0 aromatic rings. The summed E-state index contributed by atoms with van der Waals surface area (Å²) in [5.74, 6) is 0. The van der Waals surface area contributed by atoms with E-state index in [1.54, 1.807) is 0 Å². The first-order chi connectivity index (χ1) is 5.04. The second-order valence-electron chi connectivity index (χ2n) is 1.40. The first-order valence-electron chi connectivity index (χ1n) is 2.52. The van der Waals surface area contributed by atoms with E-state index in [4.69, 9.17) is 0 Å². The first-order valence-corrected chi connectivity index (χ1v) is 3.98. The van der Waals surface area contributed by atoms with Gasteiger partial charge in [-0.15, -0.1) is 0 Å². The average Bonchev–Trinajstić information content (AvgIpc) is 2.00. The van der Waals surface area contributed by atoms with Crippen LogP contribution in [0.4, 0.5) is 0 Å². The van der Waals surface area contributed by atoms with Crippen molar-refractivity contribution in [2.75, 3.05) is 21.0 Å². The fraction of sp³-hybridized carbons (Fsp3) is 1.00. The lowest BCUT2D eigenvalue weighted by Gasteiger charge is -2.09. The standard InChI is InChI=1S/C3H8NO6P/c1-8-11(7,9-2)10-3-4(5)6/h3H2,1-2H3. The molecule has 0 atom stereocenters. The Morgan fingerprint density at radius 3 is 2.18 bits per heavy atom. The third-order valence-electron chi connectivity index (χ3n) is 0.768. The van der Waals surface area contributed by atoms with Crippen LogP contribution in [-0.2, 0) is 18.1 Å². The molecule has 0 aliphatic rings. The van der Waals surface area contributed by atoms with E-state index in [0.717, 1.165) is 14.2 Å². The van der Waals surface area contributed by atoms with Crippen LogP contribution in [-0.4, -0.2) is 25.9 Å². The molecule has 0 radical (unpaired) electrons. The zero-order valence-corrected chi connectivity index (χ0v) is 6.95. The Bertz CT molecular complexity index is 173. The van der Waals surface area contributed by atoms with Gasteiger partial charge in [-0.1, -0.05) is 0 Å². The van der Waals surface area contributed by atoms with Crippen LogP contribution in [0.2, 0.25) is 0 Å². The van der Waals surface area contributed by atoms with E-state index in [2.05, 4.69) is 13.6 Å². The van der Waals surface area contributed by atoms with E-state index in [1.165, 1.54) is 0 Å². The molecule has 0 rings (SSSR count). The van der Waals surface area contributed by atoms with Crippen molar-refractivity contribution in [3.05, 3.63) is 10.1 Å². The predicted molar refractivity (Wildman–Crippen MR) is 34.6 cm³/mol. The second-order valence-corrected chi connectivity index (χ2v) is 3.29. The van der Waals surface area contributed by atoms with Crippen molar-refractivity contribution in [1.29, 1.82) is 0 Å². The molecule has 0 heterocycles. The van der Waals surface area contributed by atoms with E-state index in [9.17, 15) is 14.7 Å². The number of nitro groups is 1. The van der Waals surface area contributed by atoms with Gasteiger partial charge in [0.15, 0.2) is 0 Å². The maximum atomic E-state index is 10.9. The molecule has 11 heavy (non-hydrogen) atoms. The van der Waals surface area contributed by atoms with Gasteiger partial charge < -0.3 is 0 Å². The molecular weight excluding hydrogens is 177 g/mol. The van der Waals surface area contributed by atoms with Crippen LogP contribution < -0.4 is 0 Å². The van der Waals surface area contributed by atoms with Crippen LogP contribution in [0.5, 0.6) is 0 Å². The largest absolute Gasteiger partial charge is 0.479 e. The summed E-state index contributed by atoms with van der Waals surface area (Å²) in [5.41, 5.74) is 0. The van der Waals surface area contributed by atoms with Gasteiger partial charge in [0.2, 0.25) is 0 Å². The summed E-state index contributed by atoms with van der Waals surface area (Å²) in [7, 11) is -1.53. The molecule has 8 heteroatoms. The number of rotatable bonds is 5. The van der Waals surface area contributed by atoms with Gasteiger partial charge in [0.1, 0.15) is 0 Å². The molecular formula is C3H8NO6P. The summed E-state index contributed by atoms with van der Waals surface area (Å²) in [6.45, 7) is -0.904. The zero-order chi connectivity index (χ0) is 8.91. The van der Waals surface area contributed by atoms with Crippen molar-refractivity contribution in [1.82, 2.24) is 0 Å². The maximum absolute atomic E-state index is 10.9. The minimum Gasteiger partial charge on any atom is -0.290 e. The number of hydrogen-bond donors (Lipinski definition) is 0. The summed E-state index contributed by atoms with van der Waals surface area (Å²) in [4.78, 5) is 8.94. The van der Waals surface area contributed by atoms with Gasteiger partial charge in [-0.3, -0.25) is 19.2 Å². The summed E-state index contributed by atoms with van der Waals surface area (Å²) in [6.07, 6.45) is 0. The molecule has 0 N–H and O–H groups in total. The highest BCUT2D eigenvalue weighted by atomic mass is 31.2. The Hall–Kier alpha value is -0.490. The fourth-order valence-corrected chi connectivity index (χ4v) is 0.893. The maximum Gasteiger partial charge on any atom is 0.479 e. The van der Waals surface area contributed by atoms with Gasteiger partial charge >= 0.3 is 14.6 Å². The lowest BCUT2D eigenvalue weighted by molar-refractivity contribution is -0.515. The molecule has 0 bridgehead atoms. The van der Waals surface area contributed by atoms with Gasteiger partial charge in [0.05, 0.1) is 0 Å². The highest BCUT2D eigenvalue weighted by Gasteiger charge is 2.24. The van der Waals surface area contributed by atoms with Crippen molar-refractivity contribution in [2.24, 2.45) is 0 Å². The Balaban J connectivity index is 3.89. The van der Waals surface area contributed by atoms with Crippen molar-refractivity contribution in [3.8, 4) is 0 Å². The summed E-state index contributed by atoms with van der Waals surface area (Å²) < 4.78 is 23.6. The normalized spacial score (nSPS) is 11.5. The minimum atomic E-state index is -3.68. The summed E-state index contributed by atoms with van der Waals surface area (Å²) in [6, 6.07) is 0. The molecule has 0 aliphatic heterocycles. The van der Waals surface area contributed by atoms with Crippen LogP contribution in [0.1, 0.15) is 0 Å². The molecule has 0 saturated carbocycles. The third kappa shape index (κ3) is 4.05.